The van der Waals surface area contributed by atoms with Gasteiger partial charge < -0.3 is 18.8 Å². The number of likely N-dealkylation sites (tertiary alicyclic amines) is 1. The smallest absolute Gasteiger partial charge is 0.255 e. The first-order valence-electron chi connectivity index (χ1n) is 12.5. The van der Waals surface area contributed by atoms with Gasteiger partial charge in [-0.05, 0) is 68.1 Å². The van der Waals surface area contributed by atoms with Gasteiger partial charge in [0.05, 0.1) is 12.7 Å². The van der Waals surface area contributed by atoms with Crippen molar-refractivity contribution in [3.05, 3.63) is 101 Å². The van der Waals surface area contributed by atoms with Crippen LogP contribution in [0.15, 0.2) is 67.3 Å². The maximum atomic E-state index is 13.5. The molecule has 0 bridgehead atoms. The van der Waals surface area contributed by atoms with Gasteiger partial charge in [0.15, 0.2) is 0 Å². The lowest BCUT2D eigenvalue weighted by atomic mass is 9.95. The molecular weight excluding hydrogens is 450 g/mol. The van der Waals surface area contributed by atoms with E-state index in [0.717, 1.165) is 67.5 Å². The molecule has 3 aromatic heterocycles. The monoisotopic (exact) mass is 483 g/mol. The predicted molar refractivity (Wildman–Crippen MR) is 139 cm³/mol. The van der Waals surface area contributed by atoms with Gasteiger partial charge >= 0.3 is 0 Å². The van der Waals surface area contributed by atoms with Crippen molar-refractivity contribution < 1.29 is 9.53 Å². The molecule has 1 aliphatic heterocycles. The number of imidazole rings is 1. The van der Waals surface area contributed by atoms with E-state index in [-0.39, 0.29) is 5.91 Å². The second-order valence-electron chi connectivity index (χ2n) is 9.55. The summed E-state index contributed by atoms with van der Waals surface area (Å²) in [4.78, 5) is 24.3. The Morgan fingerprint density at radius 3 is 2.36 bits per heavy atom. The van der Waals surface area contributed by atoms with E-state index in [0.29, 0.717) is 5.92 Å². The Morgan fingerprint density at radius 1 is 0.972 bits per heavy atom. The van der Waals surface area contributed by atoms with Crippen molar-refractivity contribution >= 4 is 5.91 Å². The molecule has 7 nitrogen and oxygen atoms in total. The Hall–Kier alpha value is -3.87. The van der Waals surface area contributed by atoms with Crippen LogP contribution in [-0.2, 0) is 13.1 Å². The van der Waals surface area contributed by atoms with Gasteiger partial charge in [0.1, 0.15) is 11.6 Å². The first kappa shape index (κ1) is 23.9. The molecule has 1 fully saturated rings. The fourth-order valence-electron chi connectivity index (χ4n) is 5.18. The van der Waals surface area contributed by atoms with E-state index in [4.69, 9.17) is 9.72 Å². The molecular formula is C29H33N5O2. The first-order valence-corrected chi connectivity index (χ1v) is 12.5. The molecule has 5 rings (SSSR count). The number of aryl methyl sites for hydroxylation is 1. The fraction of sp³-hybridized carbons (Fsp3) is 0.345. The van der Waals surface area contributed by atoms with E-state index in [9.17, 15) is 4.79 Å². The van der Waals surface area contributed by atoms with Gasteiger partial charge in [-0.2, -0.15) is 0 Å². The second-order valence-corrected chi connectivity index (χ2v) is 9.55. The Balaban J connectivity index is 1.23. The minimum atomic E-state index is 0.129. The van der Waals surface area contributed by atoms with Gasteiger partial charge in [0.2, 0.25) is 0 Å². The van der Waals surface area contributed by atoms with Crippen LogP contribution in [0.4, 0.5) is 0 Å². The number of carbonyl (C=O) groups excluding carboxylic acids is 1. The molecule has 0 spiro atoms. The van der Waals surface area contributed by atoms with Crippen LogP contribution < -0.4 is 4.74 Å². The summed E-state index contributed by atoms with van der Waals surface area (Å²) in [7, 11) is 1.68. The molecule has 0 unspecified atom stereocenters. The van der Waals surface area contributed by atoms with Crippen LogP contribution in [0.5, 0.6) is 5.75 Å². The van der Waals surface area contributed by atoms with E-state index in [1.807, 2.05) is 60.7 Å². The number of methoxy groups -OCH3 is 1. The summed E-state index contributed by atoms with van der Waals surface area (Å²) in [5.74, 6) is 2.44. The molecule has 186 valence electrons. The minimum absolute atomic E-state index is 0.129. The van der Waals surface area contributed by atoms with Crippen molar-refractivity contribution in [1.82, 2.24) is 24.0 Å². The zero-order valence-corrected chi connectivity index (χ0v) is 21.2. The maximum Gasteiger partial charge on any atom is 0.255 e. The molecule has 0 N–H and O–H groups in total. The SMILES string of the molecule is COc1ccc(Cn2ccnc2C2CCN(C(=O)c3cc(C)n(Cc4ccncc4)c3C)CC2)cc1. The number of hydrogen-bond donors (Lipinski definition) is 0. The molecule has 0 saturated carbocycles. The molecule has 1 aliphatic rings. The van der Waals surface area contributed by atoms with Crippen molar-refractivity contribution in [2.75, 3.05) is 20.2 Å². The number of benzene rings is 1. The van der Waals surface area contributed by atoms with Gasteiger partial charge in [-0.25, -0.2) is 4.98 Å². The Bertz CT molecular complexity index is 1320. The Kier molecular flexibility index (Phi) is 6.89. The number of aromatic nitrogens is 4. The van der Waals surface area contributed by atoms with Crippen LogP contribution in [0.2, 0.25) is 0 Å². The molecule has 0 radical (unpaired) electrons. The van der Waals surface area contributed by atoms with Crippen molar-refractivity contribution in [2.24, 2.45) is 0 Å². The van der Waals surface area contributed by atoms with Crippen LogP contribution in [0.1, 0.15) is 57.5 Å². The van der Waals surface area contributed by atoms with E-state index >= 15 is 0 Å². The predicted octanol–water partition coefficient (Wildman–Crippen LogP) is 4.82. The highest BCUT2D eigenvalue weighted by Crippen LogP contribution is 2.29. The third-order valence-electron chi connectivity index (χ3n) is 7.30. The third kappa shape index (κ3) is 4.91. The summed E-state index contributed by atoms with van der Waals surface area (Å²) in [6.07, 6.45) is 9.38. The summed E-state index contributed by atoms with van der Waals surface area (Å²) in [6.45, 7) is 7.12. The first-order chi connectivity index (χ1) is 17.5. The van der Waals surface area contributed by atoms with Gasteiger partial charge in [0.25, 0.3) is 5.91 Å². The average Bonchev–Trinajstić information content (AvgIpc) is 3.49. The molecule has 0 aliphatic carbocycles. The summed E-state index contributed by atoms with van der Waals surface area (Å²) in [5, 5.41) is 0. The van der Waals surface area contributed by atoms with Crippen LogP contribution in [0.3, 0.4) is 0 Å². The summed E-state index contributed by atoms with van der Waals surface area (Å²) < 4.78 is 9.72. The van der Waals surface area contributed by atoms with Gasteiger partial charge in [0, 0.05) is 68.3 Å². The van der Waals surface area contributed by atoms with Crippen molar-refractivity contribution in [3.63, 3.8) is 0 Å². The molecule has 4 heterocycles. The largest absolute Gasteiger partial charge is 0.497 e. The number of rotatable bonds is 7. The topological polar surface area (TPSA) is 65.2 Å². The highest BCUT2D eigenvalue weighted by atomic mass is 16.5. The number of carbonyl (C=O) groups is 1. The number of hydrogen-bond acceptors (Lipinski definition) is 4. The highest BCUT2D eigenvalue weighted by Gasteiger charge is 2.28. The standard InChI is InChI=1S/C29H33N5O2/c1-21-18-27(22(2)34(21)20-24-8-12-30-13-9-24)29(35)32-15-10-25(11-16-32)28-31-14-17-33(28)19-23-4-6-26(36-3)7-5-23/h4-9,12-14,17-18,25H,10-11,15-16,19-20H2,1-3H3. The van der Waals surface area contributed by atoms with E-state index < -0.39 is 0 Å². The lowest BCUT2D eigenvalue weighted by Gasteiger charge is -2.32. The average molecular weight is 484 g/mol. The highest BCUT2D eigenvalue weighted by molar-refractivity contribution is 5.95. The lowest BCUT2D eigenvalue weighted by molar-refractivity contribution is 0.0709. The molecule has 1 amide bonds. The van der Waals surface area contributed by atoms with Crippen LogP contribution in [0.25, 0.3) is 0 Å². The van der Waals surface area contributed by atoms with E-state index in [1.165, 1.54) is 11.1 Å². The molecule has 7 heteroatoms. The quantitative estimate of drug-likeness (QED) is 0.378. The van der Waals surface area contributed by atoms with Gasteiger partial charge in [-0.15, -0.1) is 0 Å². The van der Waals surface area contributed by atoms with E-state index in [2.05, 4.69) is 39.4 Å². The normalized spacial score (nSPS) is 14.2. The number of ether oxygens (including phenoxy) is 1. The zero-order valence-electron chi connectivity index (χ0n) is 21.2. The van der Waals surface area contributed by atoms with Crippen molar-refractivity contribution in [2.45, 2.75) is 45.7 Å². The van der Waals surface area contributed by atoms with Crippen molar-refractivity contribution in [1.29, 1.82) is 0 Å². The molecule has 1 aromatic carbocycles. The van der Waals surface area contributed by atoms with E-state index in [1.54, 1.807) is 7.11 Å². The zero-order chi connectivity index (χ0) is 25.1. The fourth-order valence-corrected chi connectivity index (χ4v) is 5.18. The summed E-state index contributed by atoms with van der Waals surface area (Å²) >= 11 is 0. The van der Waals surface area contributed by atoms with Crippen LogP contribution >= 0.6 is 0 Å². The number of pyridine rings is 1. The summed E-state index contributed by atoms with van der Waals surface area (Å²) in [6, 6.07) is 14.2. The molecule has 4 aromatic rings. The number of piperidine rings is 1. The minimum Gasteiger partial charge on any atom is -0.497 e. The third-order valence-corrected chi connectivity index (χ3v) is 7.30. The molecule has 1 saturated heterocycles. The maximum absolute atomic E-state index is 13.5. The van der Waals surface area contributed by atoms with Crippen molar-refractivity contribution in [3.8, 4) is 5.75 Å². The van der Waals surface area contributed by atoms with Gasteiger partial charge in [-0.1, -0.05) is 12.1 Å². The summed E-state index contributed by atoms with van der Waals surface area (Å²) in [5.41, 5.74) is 5.32. The molecule has 36 heavy (non-hydrogen) atoms. The number of amides is 1. The lowest BCUT2D eigenvalue weighted by Crippen LogP contribution is -2.38. The van der Waals surface area contributed by atoms with Crippen LogP contribution in [0, 0.1) is 13.8 Å². The number of nitrogens with zero attached hydrogens (tertiary/aromatic N) is 5. The second kappa shape index (κ2) is 10.4. The Labute approximate surface area is 212 Å². The Morgan fingerprint density at radius 2 is 1.67 bits per heavy atom. The van der Waals surface area contributed by atoms with Crippen LogP contribution in [-0.4, -0.2) is 50.1 Å². The van der Waals surface area contributed by atoms with Gasteiger partial charge in [-0.3, -0.25) is 9.78 Å². The molecule has 0 atom stereocenters.